The summed E-state index contributed by atoms with van der Waals surface area (Å²) in [6, 6.07) is 23.9. The van der Waals surface area contributed by atoms with Gasteiger partial charge in [-0.05, 0) is 74.9 Å². The highest BCUT2D eigenvalue weighted by Crippen LogP contribution is 2.44. The lowest BCUT2D eigenvalue weighted by Gasteiger charge is -2.44. The first kappa shape index (κ1) is 36.3. The van der Waals surface area contributed by atoms with Crippen molar-refractivity contribution in [2.75, 3.05) is 63.7 Å². The Kier molecular flexibility index (Phi) is 11.3. The molecule has 0 spiro atoms. The minimum Gasteiger partial charge on any atom is -0.482 e. The van der Waals surface area contributed by atoms with Gasteiger partial charge in [0.25, 0.3) is 5.91 Å². The lowest BCUT2D eigenvalue weighted by molar-refractivity contribution is -0.136. The number of amides is 3. The van der Waals surface area contributed by atoms with E-state index in [1.807, 2.05) is 74.2 Å². The Morgan fingerprint density at radius 3 is 2.39 bits per heavy atom. The fourth-order valence-corrected chi connectivity index (χ4v) is 7.02. The van der Waals surface area contributed by atoms with Crippen molar-refractivity contribution in [3.63, 3.8) is 0 Å². The van der Waals surface area contributed by atoms with Gasteiger partial charge in [0.2, 0.25) is 5.91 Å². The highest BCUT2D eigenvalue weighted by Gasteiger charge is 2.48. The number of anilines is 2. The summed E-state index contributed by atoms with van der Waals surface area (Å²) in [5.41, 5.74) is 3.60. The molecule has 1 saturated heterocycles. The van der Waals surface area contributed by atoms with E-state index in [0.717, 1.165) is 29.5 Å². The molecule has 0 aromatic heterocycles. The average Bonchev–Trinajstić information content (AvgIpc) is 3.96. The Balaban J connectivity index is 1.41. The Hall–Kier alpha value is -4.45. The lowest BCUT2D eigenvalue weighted by Crippen LogP contribution is -2.57. The van der Waals surface area contributed by atoms with Crippen LogP contribution in [0.4, 0.5) is 16.2 Å². The first-order valence-corrected chi connectivity index (χ1v) is 17.7. The molecule has 51 heavy (non-hydrogen) atoms. The first-order chi connectivity index (χ1) is 24.6. The van der Waals surface area contributed by atoms with Gasteiger partial charge < -0.3 is 38.4 Å². The topological polar surface area (TPSA) is 107 Å². The van der Waals surface area contributed by atoms with Crippen LogP contribution in [0.5, 0.6) is 5.75 Å². The summed E-state index contributed by atoms with van der Waals surface area (Å²) in [4.78, 5) is 47.1. The van der Waals surface area contributed by atoms with Gasteiger partial charge in [0, 0.05) is 51.6 Å². The summed E-state index contributed by atoms with van der Waals surface area (Å²) >= 11 is 0. The number of rotatable bonds is 12. The van der Waals surface area contributed by atoms with Gasteiger partial charge in [0.1, 0.15) is 18.1 Å². The molecule has 3 aromatic rings. The average molecular weight is 700 g/mol. The molecular formula is C40H49N3O8. The number of benzene rings is 3. The van der Waals surface area contributed by atoms with Crippen LogP contribution in [0.1, 0.15) is 51.5 Å². The second kappa shape index (κ2) is 15.8. The fraction of sp³-hybridized carbons (Fsp3) is 0.475. The molecule has 11 nitrogen and oxygen atoms in total. The minimum absolute atomic E-state index is 0.00723. The van der Waals surface area contributed by atoms with Crippen LogP contribution < -0.4 is 14.5 Å². The van der Waals surface area contributed by atoms with E-state index in [-0.39, 0.29) is 44.3 Å². The van der Waals surface area contributed by atoms with E-state index < -0.39 is 29.6 Å². The largest absolute Gasteiger partial charge is 0.482 e. The molecule has 272 valence electrons. The molecule has 0 unspecified atom stereocenters. The number of hydrogen-bond donors (Lipinski definition) is 0. The van der Waals surface area contributed by atoms with Crippen molar-refractivity contribution in [3.05, 3.63) is 78.4 Å². The van der Waals surface area contributed by atoms with Gasteiger partial charge in [-0.25, -0.2) is 4.79 Å². The SMILES string of the molecule is COCCCN1C(=O)COc2ccc(N(C(=O)[C@H]3CN(C(=O)OC(C)(C)C)C[C@@H](OCOC)[C@@H]3c3cccc(-c4ccccc4)c3)C3CC3)cc21. The molecule has 3 atom stereocenters. The van der Waals surface area contributed by atoms with Crippen molar-refractivity contribution < 1.29 is 38.1 Å². The lowest BCUT2D eigenvalue weighted by atomic mass is 9.77. The van der Waals surface area contributed by atoms with Crippen molar-refractivity contribution in [1.29, 1.82) is 0 Å². The maximum absolute atomic E-state index is 15.2. The third kappa shape index (κ3) is 8.54. The monoisotopic (exact) mass is 699 g/mol. The fourth-order valence-electron chi connectivity index (χ4n) is 7.02. The van der Waals surface area contributed by atoms with E-state index in [1.165, 1.54) is 0 Å². The highest BCUT2D eigenvalue weighted by molar-refractivity contribution is 6.01. The number of carbonyl (C=O) groups is 3. The van der Waals surface area contributed by atoms with Crippen molar-refractivity contribution in [2.24, 2.45) is 5.92 Å². The number of hydrogen-bond acceptors (Lipinski definition) is 8. The quantitative estimate of drug-likeness (QED) is 0.161. The van der Waals surface area contributed by atoms with Gasteiger partial charge in [0.05, 0.1) is 24.3 Å². The second-order valence-electron chi connectivity index (χ2n) is 14.4. The van der Waals surface area contributed by atoms with Crippen LogP contribution in [0.25, 0.3) is 11.1 Å². The van der Waals surface area contributed by atoms with Crippen LogP contribution in [-0.2, 0) is 28.5 Å². The van der Waals surface area contributed by atoms with Crippen molar-refractivity contribution in [1.82, 2.24) is 4.90 Å². The zero-order valence-corrected chi connectivity index (χ0v) is 30.2. The number of piperidine rings is 1. The standard InChI is InChI=1S/C40H49N3O8/c1-40(2,3)51-39(46)41-23-32(37(35(24-41)50-26-48-5)29-14-9-13-28(21-29)27-11-7-6-8-12-27)38(45)43(30-15-16-30)31-17-18-34-33(22-31)42(19-10-20-47-4)36(44)25-49-34/h6-9,11-14,17-18,21-22,30,32,35,37H,10,15-16,19-20,23-26H2,1-5H3/t32-,35+,37+/m0/s1. The van der Waals surface area contributed by atoms with Crippen LogP contribution in [0.3, 0.4) is 0 Å². The van der Waals surface area contributed by atoms with Crippen LogP contribution in [-0.4, -0.2) is 94.4 Å². The molecule has 1 saturated carbocycles. The van der Waals surface area contributed by atoms with Gasteiger partial charge in [-0.2, -0.15) is 0 Å². The van der Waals surface area contributed by atoms with Gasteiger partial charge >= 0.3 is 6.09 Å². The molecular weight excluding hydrogens is 650 g/mol. The Morgan fingerprint density at radius 1 is 0.922 bits per heavy atom. The minimum atomic E-state index is -0.724. The van der Waals surface area contributed by atoms with Crippen molar-refractivity contribution >= 4 is 29.3 Å². The van der Waals surface area contributed by atoms with E-state index in [1.54, 1.807) is 24.0 Å². The van der Waals surface area contributed by atoms with Crippen LogP contribution in [0.15, 0.2) is 72.8 Å². The number of nitrogens with zero attached hydrogens (tertiary/aromatic N) is 3. The third-order valence-corrected chi connectivity index (χ3v) is 9.44. The van der Waals surface area contributed by atoms with Gasteiger partial charge in [0.15, 0.2) is 6.61 Å². The molecule has 1 aliphatic carbocycles. The zero-order valence-electron chi connectivity index (χ0n) is 30.2. The summed E-state index contributed by atoms with van der Waals surface area (Å²) in [7, 11) is 3.19. The Labute approximate surface area is 300 Å². The molecule has 2 aliphatic heterocycles. The molecule has 2 fully saturated rings. The highest BCUT2D eigenvalue weighted by atomic mass is 16.7. The van der Waals surface area contributed by atoms with Gasteiger partial charge in [-0.1, -0.05) is 54.6 Å². The predicted octanol–water partition coefficient (Wildman–Crippen LogP) is 6.25. The maximum Gasteiger partial charge on any atom is 0.410 e. The molecule has 6 rings (SSSR count). The number of likely N-dealkylation sites (tertiary alicyclic amines) is 1. The Bertz CT molecular complexity index is 1690. The van der Waals surface area contributed by atoms with E-state index in [0.29, 0.717) is 36.7 Å². The van der Waals surface area contributed by atoms with E-state index in [9.17, 15) is 9.59 Å². The normalized spacial score (nSPS) is 20.4. The summed E-state index contributed by atoms with van der Waals surface area (Å²) in [5, 5.41) is 0. The summed E-state index contributed by atoms with van der Waals surface area (Å²) in [6.07, 6.45) is 1.27. The van der Waals surface area contributed by atoms with E-state index >= 15 is 4.79 Å². The second-order valence-corrected chi connectivity index (χ2v) is 14.4. The molecule has 3 aliphatic rings. The zero-order chi connectivity index (χ0) is 36.1. The maximum atomic E-state index is 15.2. The third-order valence-electron chi connectivity index (χ3n) is 9.44. The predicted molar refractivity (Wildman–Crippen MR) is 194 cm³/mol. The number of ether oxygens (including phenoxy) is 5. The summed E-state index contributed by atoms with van der Waals surface area (Å²) < 4.78 is 28.6. The Morgan fingerprint density at radius 2 is 1.69 bits per heavy atom. The van der Waals surface area contributed by atoms with Gasteiger partial charge in [-0.15, -0.1) is 0 Å². The van der Waals surface area contributed by atoms with Gasteiger partial charge in [-0.3, -0.25) is 9.59 Å². The molecule has 0 radical (unpaired) electrons. The summed E-state index contributed by atoms with van der Waals surface area (Å²) in [6.45, 7) is 6.77. The molecule has 3 aromatic carbocycles. The molecule has 11 heteroatoms. The molecule has 0 N–H and O–H groups in total. The van der Waals surface area contributed by atoms with Crippen molar-refractivity contribution in [2.45, 2.75) is 63.7 Å². The van der Waals surface area contributed by atoms with Crippen LogP contribution >= 0.6 is 0 Å². The van der Waals surface area contributed by atoms with Crippen molar-refractivity contribution in [3.8, 4) is 16.9 Å². The van der Waals surface area contributed by atoms with Crippen LogP contribution in [0, 0.1) is 5.92 Å². The van der Waals surface area contributed by atoms with Crippen LogP contribution in [0.2, 0.25) is 0 Å². The number of methoxy groups -OCH3 is 2. The molecule has 2 heterocycles. The molecule has 3 amide bonds. The first-order valence-electron chi connectivity index (χ1n) is 17.7. The van der Waals surface area contributed by atoms with E-state index in [2.05, 4.69) is 24.3 Å². The smallest absolute Gasteiger partial charge is 0.410 e. The molecule has 0 bridgehead atoms. The number of carbonyl (C=O) groups excluding carboxylic acids is 3. The van der Waals surface area contributed by atoms with E-state index in [4.69, 9.17) is 23.7 Å². The number of fused-ring (bicyclic) bond motifs is 1. The summed E-state index contributed by atoms with van der Waals surface area (Å²) in [5.74, 6) is -0.773.